The molecule has 0 amide bonds. The number of fused-ring (bicyclic) bond motifs is 15. The molecule has 9 aromatic carbocycles. The number of allylic oxidation sites excluding steroid dienone is 4. The van der Waals surface area contributed by atoms with Gasteiger partial charge in [0.05, 0.1) is 5.41 Å². The summed E-state index contributed by atoms with van der Waals surface area (Å²) in [4.78, 5) is 2.47. The van der Waals surface area contributed by atoms with Crippen molar-refractivity contribution in [1.29, 1.82) is 0 Å². The van der Waals surface area contributed by atoms with Crippen LogP contribution in [0, 0.1) is 0 Å². The minimum Gasteiger partial charge on any atom is -0.455 e. The van der Waals surface area contributed by atoms with E-state index in [0.29, 0.717) is 0 Å². The number of benzene rings is 9. The molecule has 0 saturated heterocycles. The summed E-state index contributed by atoms with van der Waals surface area (Å²) < 4.78 is 6.56. The molecule has 0 radical (unpaired) electrons. The Morgan fingerprint density at radius 1 is 0.418 bits per heavy atom. The van der Waals surface area contributed by atoms with Crippen LogP contribution in [0.25, 0.3) is 60.9 Å². The standard InChI is InChI=1S/C77H71NO/c1-72(2,3)49-30-38-58-59-39-31-50(73(4,5)6)44-67(59)77(66(58)43-49)68-45-51(74(7,8)9)32-40-60(68)63-23-18-42-76(12,71(63)77)48-28-35-53(36-29-48)78(54-37-41-57-56-19-13-15-24-64(56)75(10,11)65(57)46-54)52-33-26-47(27-34-52)55-21-17-22-62-61-20-14-16-25-69(61)79-70(55)62/h13-41,43-46H,42H2,1-12H3. The van der Waals surface area contributed by atoms with Gasteiger partial charge in [0.25, 0.3) is 0 Å². The lowest BCUT2D eigenvalue weighted by Gasteiger charge is -2.45. The van der Waals surface area contributed by atoms with Crippen LogP contribution in [0.4, 0.5) is 17.1 Å². The molecule has 1 unspecified atom stereocenters. The van der Waals surface area contributed by atoms with E-state index in [0.717, 1.165) is 56.5 Å². The van der Waals surface area contributed by atoms with Crippen LogP contribution in [0.15, 0.2) is 210 Å². The summed E-state index contributed by atoms with van der Waals surface area (Å²) >= 11 is 0. The number of para-hydroxylation sites is 2. The van der Waals surface area contributed by atoms with Gasteiger partial charge in [0.1, 0.15) is 11.2 Å². The van der Waals surface area contributed by atoms with Gasteiger partial charge in [-0.15, -0.1) is 0 Å². The molecule has 14 rings (SSSR count). The van der Waals surface area contributed by atoms with E-state index < -0.39 is 5.41 Å². The summed E-state index contributed by atoms with van der Waals surface area (Å²) in [5.41, 5.74) is 28.3. The van der Waals surface area contributed by atoms with E-state index in [2.05, 4.69) is 282 Å². The maximum absolute atomic E-state index is 6.56. The number of hydrogen-bond acceptors (Lipinski definition) is 2. The summed E-state index contributed by atoms with van der Waals surface area (Å²) in [6.07, 6.45) is 5.83. The molecule has 390 valence electrons. The molecule has 1 aromatic heterocycles. The Kier molecular flexibility index (Phi) is 10.5. The summed E-state index contributed by atoms with van der Waals surface area (Å²) in [5.74, 6) is 0. The summed E-state index contributed by atoms with van der Waals surface area (Å²) in [6, 6.07) is 72.2. The van der Waals surface area contributed by atoms with Crippen molar-refractivity contribution in [1.82, 2.24) is 0 Å². The topological polar surface area (TPSA) is 16.4 Å². The molecule has 1 spiro atoms. The largest absolute Gasteiger partial charge is 0.455 e. The van der Waals surface area contributed by atoms with Crippen LogP contribution in [0.5, 0.6) is 0 Å². The molecule has 2 heteroatoms. The van der Waals surface area contributed by atoms with Crippen molar-refractivity contribution in [3.8, 4) is 33.4 Å². The SMILES string of the molecule is CC(C)(C)c1ccc2c(c1)C1(C3=C2C=CCC3(C)c2ccc(N(c3ccc(-c4cccc5c4oc4ccccc45)cc3)c3ccc4c(c3)C(C)(C)c3ccccc3-4)cc2)c2cc(C(C)(C)C)ccc2-c2ccc(C(C)(C)C)cc21. The second kappa shape index (κ2) is 16.8. The number of nitrogens with zero attached hydrogens (tertiary/aromatic N) is 1. The molecule has 79 heavy (non-hydrogen) atoms. The van der Waals surface area contributed by atoms with Crippen LogP contribution in [0.3, 0.4) is 0 Å². The summed E-state index contributed by atoms with van der Waals surface area (Å²) in [5, 5.41) is 2.28. The van der Waals surface area contributed by atoms with Gasteiger partial charge in [-0.1, -0.05) is 241 Å². The average Bonchev–Trinajstić information content (AvgIpc) is 2.14. The van der Waals surface area contributed by atoms with E-state index in [1.807, 2.05) is 6.07 Å². The lowest BCUT2D eigenvalue weighted by atomic mass is 9.57. The fourth-order valence-electron chi connectivity index (χ4n) is 14.5. The quantitative estimate of drug-likeness (QED) is 0.171. The zero-order valence-corrected chi connectivity index (χ0v) is 48.1. The molecule has 0 N–H and O–H groups in total. The fraction of sp³-hybridized carbons (Fsp3) is 0.247. The van der Waals surface area contributed by atoms with Crippen molar-refractivity contribution < 1.29 is 4.42 Å². The van der Waals surface area contributed by atoms with Gasteiger partial charge < -0.3 is 9.32 Å². The number of furan rings is 1. The second-order valence-corrected chi connectivity index (χ2v) is 27.1. The molecule has 4 aliphatic rings. The number of anilines is 3. The first-order chi connectivity index (χ1) is 37.7. The average molecular weight is 1030 g/mol. The molecule has 1 heterocycles. The van der Waals surface area contributed by atoms with Crippen molar-refractivity contribution in [2.75, 3.05) is 4.90 Å². The molecule has 10 aromatic rings. The first-order valence-corrected chi connectivity index (χ1v) is 28.7. The molecule has 4 aliphatic carbocycles. The molecule has 1 atom stereocenters. The van der Waals surface area contributed by atoms with Gasteiger partial charge in [0.15, 0.2) is 0 Å². The molecular weight excluding hydrogens is 955 g/mol. The molecule has 0 aliphatic heterocycles. The molecular formula is C77H71NO. The smallest absolute Gasteiger partial charge is 0.143 e. The first kappa shape index (κ1) is 49.4. The summed E-state index contributed by atoms with van der Waals surface area (Å²) in [7, 11) is 0. The third kappa shape index (κ3) is 7.15. The first-order valence-electron chi connectivity index (χ1n) is 28.7. The normalized spacial score (nSPS) is 17.5. The van der Waals surface area contributed by atoms with Crippen molar-refractivity contribution in [3.63, 3.8) is 0 Å². The Hall–Kier alpha value is -7.94. The van der Waals surface area contributed by atoms with E-state index in [1.165, 1.54) is 89.0 Å². The number of hydrogen-bond donors (Lipinski definition) is 0. The van der Waals surface area contributed by atoms with Gasteiger partial charge in [-0.05, 0) is 160 Å². The minimum absolute atomic E-state index is 0.0353. The molecule has 2 nitrogen and oxygen atoms in total. The van der Waals surface area contributed by atoms with Gasteiger partial charge >= 0.3 is 0 Å². The highest BCUT2D eigenvalue weighted by molar-refractivity contribution is 6.09. The third-order valence-electron chi connectivity index (χ3n) is 18.9. The van der Waals surface area contributed by atoms with E-state index in [-0.39, 0.29) is 27.1 Å². The van der Waals surface area contributed by atoms with Crippen LogP contribution < -0.4 is 4.90 Å². The van der Waals surface area contributed by atoms with Gasteiger partial charge in [0, 0.05) is 44.2 Å². The van der Waals surface area contributed by atoms with Crippen LogP contribution in [-0.2, 0) is 32.5 Å². The van der Waals surface area contributed by atoms with Crippen molar-refractivity contribution in [2.24, 2.45) is 0 Å². The maximum Gasteiger partial charge on any atom is 0.143 e. The minimum atomic E-state index is -0.521. The Labute approximate surface area is 468 Å². The molecule has 0 fully saturated rings. The van der Waals surface area contributed by atoms with Crippen molar-refractivity contribution in [2.45, 2.75) is 122 Å². The monoisotopic (exact) mass is 1030 g/mol. The number of rotatable bonds is 5. The maximum atomic E-state index is 6.56. The van der Waals surface area contributed by atoms with Crippen LogP contribution in [0.1, 0.15) is 145 Å². The predicted octanol–water partition coefficient (Wildman–Crippen LogP) is 20.9. The Bertz CT molecular complexity index is 4180. The van der Waals surface area contributed by atoms with Gasteiger partial charge in [0.2, 0.25) is 0 Å². The van der Waals surface area contributed by atoms with E-state index in [9.17, 15) is 0 Å². The van der Waals surface area contributed by atoms with E-state index >= 15 is 0 Å². The highest BCUT2D eigenvalue weighted by Gasteiger charge is 2.59. The highest BCUT2D eigenvalue weighted by atomic mass is 16.3. The van der Waals surface area contributed by atoms with Crippen molar-refractivity contribution in [3.05, 3.63) is 261 Å². The Morgan fingerprint density at radius 3 is 1.54 bits per heavy atom. The summed E-state index contributed by atoms with van der Waals surface area (Å²) in [6.45, 7) is 28.6. The van der Waals surface area contributed by atoms with Gasteiger partial charge in [-0.2, -0.15) is 0 Å². The van der Waals surface area contributed by atoms with Crippen LogP contribution in [-0.4, -0.2) is 0 Å². The van der Waals surface area contributed by atoms with Crippen LogP contribution in [0.2, 0.25) is 0 Å². The van der Waals surface area contributed by atoms with Gasteiger partial charge in [-0.3, -0.25) is 0 Å². The molecule has 0 saturated carbocycles. The Morgan fingerprint density at radius 2 is 0.911 bits per heavy atom. The predicted molar refractivity (Wildman–Crippen MR) is 334 cm³/mol. The lowest BCUT2D eigenvalue weighted by molar-refractivity contribution is 0.499. The molecule has 0 bridgehead atoms. The zero-order chi connectivity index (χ0) is 54.8. The van der Waals surface area contributed by atoms with Crippen molar-refractivity contribution >= 4 is 44.6 Å². The zero-order valence-electron chi connectivity index (χ0n) is 48.1. The second-order valence-electron chi connectivity index (χ2n) is 27.1. The highest BCUT2D eigenvalue weighted by Crippen LogP contribution is 2.68. The van der Waals surface area contributed by atoms with E-state index in [4.69, 9.17) is 4.42 Å². The van der Waals surface area contributed by atoms with Crippen LogP contribution >= 0.6 is 0 Å². The Balaban J connectivity index is 0.950. The fourth-order valence-corrected chi connectivity index (χ4v) is 14.5. The lowest BCUT2D eigenvalue weighted by Crippen LogP contribution is -2.39. The van der Waals surface area contributed by atoms with E-state index in [1.54, 1.807) is 0 Å². The third-order valence-corrected chi connectivity index (χ3v) is 18.9. The van der Waals surface area contributed by atoms with Gasteiger partial charge in [-0.25, -0.2) is 0 Å².